The zero-order valence-corrected chi connectivity index (χ0v) is 8.90. The van der Waals surface area contributed by atoms with Crippen LogP contribution in [0.5, 0.6) is 0 Å². The zero-order valence-electron chi connectivity index (χ0n) is 8.90. The van der Waals surface area contributed by atoms with Gasteiger partial charge in [-0.2, -0.15) is 0 Å². The number of nitrogens with two attached hydrogens (primary N) is 1. The summed E-state index contributed by atoms with van der Waals surface area (Å²) in [6, 6.07) is 2.46. The van der Waals surface area contributed by atoms with Crippen LogP contribution in [0.15, 0.2) is 18.3 Å². The second-order valence-corrected chi connectivity index (χ2v) is 3.47. The molecule has 0 aliphatic carbocycles. The summed E-state index contributed by atoms with van der Waals surface area (Å²) in [7, 11) is 0. The Bertz CT molecular complexity index is 306. The fraction of sp³-hybridized carbons (Fsp3) is 0.500. The van der Waals surface area contributed by atoms with E-state index in [-0.39, 0.29) is 17.6 Å². The van der Waals surface area contributed by atoms with Crippen molar-refractivity contribution in [2.24, 2.45) is 5.84 Å². The van der Waals surface area contributed by atoms with Crippen molar-refractivity contribution in [3.05, 3.63) is 29.8 Å². The van der Waals surface area contributed by atoms with Crippen LogP contribution >= 0.6 is 0 Å². The molecule has 84 valence electrons. The van der Waals surface area contributed by atoms with Crippen LogP contribution < -0.4 is 11.3 Å². The monoisotopic (exact) mass is 213 g/mol. The normalized spacial score (nSPS) is 13.1. The van der Waals surface area contributed by atoms with Crippen LogP contribution in [0.2, 0.25) is 0 Å². The molecule has 1 aromatic heterocycles. The average molecular weight is 213 g/mol. The summed E-state index contributed by atoms with van der Waals surface area (Å²) in [5.41, 5.74) is 2.77. The van der Waals surface area contributed by atoms with Crippen molar-refractivity contribution in [1.29, 1.82) is 0 Å². The molecule has 4 nitrogen and oxygen atoms in total. The first-order valence-corrected chi connectivity index (χ1v) is 4.83. The van der Waals surface area contributed by atoms with Gasteiger partial charge in [0.25, 0.3) is 0 Å². The molecule has 1 heterocycles. The highest BCUT2D eigenvalue weighted by Gasteiger charge is 2.16. The van der Waals surface area contributed by atoms with E-state index in [0.717, 1.165) is 0 Å². The lowest BCUT2D eigenvalue weighted by molar-refractivity contribution is 0.0596. The summed E-state index contributed by atoms with van der Waals surface area (Å²) in [6.45, 7) is 4.10. The molecular formula is C10H16FN3O. The number of halogens is 1. The minimum absolute atomic E-state index is 0.0765. The topological polar surface area (TPSA) is 60.2 Å². The molecule has 0 aliphatic heterocycles. The van der Waals surface area contributed by atoms with Crippen LogP contribution in [-0.2, 0) is 4.74 Å². The predicted molar refractivity (Wildman–Crippen MR) is 55.3 cm³/mol. The molecule has 0 radical (unpaired) electrons. The molecule has 0 bridgehead atoms. The van der Waals surface area contributed by atoms with E-state index in [1.54, 1.807) is 0 Å². The van der Waals surface area contributed by atoms with Gasteiger partial charge in [0, 0.05) is 6.20 Å². The minimum Gasteiger partial charge on any atom is -0.377 e. The average Bonchev–Trinajstić information content (AvgIpc) is 2.21. The summed E-state index contributed by atoms with van der Waals surface area (Å²) < 4.78 is 18.7. The van der Waals surface area contributed by atoms with E-state index in [1.165, 1.54) is 18.3 Å². The molecule has 1 unspecified atom stereocenters. The van der Waals surface area contributed by atoms with E-state index >= 15 is 0 Å². The second-order valence-electron chi connectivity index (χ2n) is 3.47. The molecule has 0 aromatic carbocycles. The van der Waals surface area contributed by atoms with E-state index in [0.29, 0.717) is 6.61 Å². The Morgan fingerprint density at radius 2 is 2.33 bits per heavy atom. The summed E-state index contributed by atoms with van der Waals surface area (Å²) in [6.07, 6.45) is 1.60. The highest BCUT2D eigenvalue weighted by Crippen LogP contribution is 2.13. The number of ether oxygens (including phenoxy) is 1. The summed E-state index contributed by atoms with van der Waals surface area (Å²) in [5, 5.41) is 0. The molecule has 0 saturated heterocycles. The van der Waals surface area contributed by atoms with Gasteiger partial charge < -0.3 is 4.74 Å². The largest absolute Gasteiger partial charge is 0.377 e. The summed E-state index contributed by atoms with van der Waals surface area (Å²) in [5.74, 6) is 4.94. The third-order valence-electron chi connectivity index (χ3n) is 1.91. The predicted octanol–water partition coefficient (Wildman–Crippen LogP) is 1.15. The van der Waals surface area contributed by atoms with Gasteiger partial charge in [0.2, 0.25) is 0 Å². The number of rotatable bonds is 5. The number of nitrogens with zero attached hydrogens (tertiary/aromatic N) is 1. The first-order valence-electron chi connectivity index (χ1n) is 4.83. The number of nitrogens with one attached hydrogen (secondary N) is 1. The van der Waals surface area contributed by atoms with Crippen molar-refractivity contribution in [3.63, 3.8) is 0 Å². The van der Waals surface area contributed by atoms with Crippen molar-refractivity contribution in [2.75, 3.05) is 6.61 Å². The number of hydrazine groups is 1. The number of pyridine rings is 1. The Morgan fingerprint density at radius 3 is 2.87 bits per heavy atom. The molecule has 1 rings (SSSR count). The van der Waals surface area contributed by atoms with Crippen molar-refractivity contribution in [2.45, 2.75) is 26.0 Å². The van der Waals surface area contributed by atoms with E-state index in [1.807, 2.05) is 13.8 Å². The van der Waals surface area contributed by atoms with Gasteiger partial charge in [0.15, 0.2) is 0 Å². The highest BCUT2D eigenvalue weighted by molar-refractivity contribution is 5.11. The van der Waals surface area contributed by atoms with Crippen LogP contribution in [0, 0.1) is 5.82 Å². The first-order chi connectivity index (χ1) is 7.15. The molecule has 3 N–H and O–H groups in total. The lowest BCUT2D eigenvalue weighted by Gasteiger charge is -2.17. The van der Waals surface area contributed by atoms with Crippen molar-refractivity contribution >= 4 is 0 Å². The molecule has 5 heteroatoms. The summed E-state index contributed by atoms with van der Waals surface area (Å²) in [4.78, 5) is 3.93. The van der Waals surface area contributed by atoms with Crippen LogP contribution in [0.25, 0.3) is 0 Å². The van der Waals surface area contributed by atoms with E-state index in [9.17, 15) is 4.39 Å². The van der Waals surface area contributed by atoms with Crippen LogP contribution in [-0.4, -0.2) is 17.7 Å². The Kier molecular flexibility index (Phi) is 4.61. The van der Waals surface area contributed by atoms with Gasteiger partial charge >= 0.3 is 0 Å². The molecule has 1 aromatic rings. The Morgan fingerprint density at radius 1 is 1.60 bits per heavy atom. The van der Waals surface area contributed by atoms with Crippen LogP contribution in [0.4, 0.5) is 4.39 Å². The lowest BCUT2D eigenvalue weighted by Crippen LogP contribution is -2.33. The molecule has 1 atom stereocenters. The fourth-order valence-electron chi connectivity index (χ4n) is 1.15. The molecule has 0 saturated carbocycles. The van der Waals surface area contributed by atoms with Crippen LogP contribution in [0.3, 0.4) is 0 Å². The first kappa shape index (κ1) is 12.0. The van der Waals surface area contributed by atoms with Gasteiger partial charge in [0.1, 0.15) is 5.82 Å². The molecular weight excluding hydrogens is 197 g/mol. The van der Waals surface area contributed by atoms with Gasteiger partial charge in [-0.25, -0.2) is 9.82 Å². The third kappa shape index (κ3) is 3.54. The molecule has 0 fully saturated rings. The van der Waals surface area contributed by atoms with Gasteiger partial charge in [-0.3, -0.25) is 10.8 Å². The van der Waals surface area contributed by atoms with Gasteiger partial charge in [-0.15, -0.1) is 0 Å². The van der Waals surface area contributed by atoms with E-state index < -0.39 is 6.04 Å². The quantitative estimate of drug-likeness (QED) is 0.569. The van der Waals surface area contributed by atoms with E-state index in [4.69, 9.17) is 10.6 Å². The van der Waals surface area contributed by atoms with E-state index in [2.05, 4.69) is 10.4 Å². The standard InChI is InChI=1S/C10H16FN3O/c1-7(2)15-6-9(14-12)10-8(11)4-3-5-13-10/h3-5,7,9,14H,6,12H2,1-2H3. The van der Waals surface area contributed by atoms with Crippen molar-refractivity contribution in [1.82, 2.24) is 10.4 Å². The smallest absolute Gasteiger partial charge is 0.146 e. The maximum absolute atomic E-state index is 13.3. The molecule has 0 aliphatic rings. The maximum Gasteiger partial charge on any atom is 0.146 e. The minimum atomic E-state index is -0.423. The fourth-order valence-corrected chi connectivity index (χ4v) is 1.15. The van der Waals surface area contributed by atoms with Gasteiger partial charge in [-0.05, 0) is 26.0 Å². The van der Waals surface area contributed by atoms with Gasteiger partial charge in [0.05, 0.1) is 24.4 Å². The van der Waals surface area contributed by atoms with Crippen molar-refractivity contribution < 1.29 is 9.13 Å². The van der Waals surface area contributed by atoms with Crippen LogP contribution in [0.1, 0.15) is 25.6 Å². The maximum atomic E-state index is 13.3. The number of hydrogen-bond acceptors (Lipinski definition) is 4. The molecule has 15 heavy (non-hydrogen) atoms. The lowest BCUT2D eigenvalue weighted by atomic mass is 10.2. The molecule has 0 amide bonds. The Hall–Kier alpha value is -1.04. The van der Waals surface area contributed by atoms with Gasteiger partial charge in [-0.1, -0.05) is 0 Å². The summed E-state index contributed by atoms with van der Waals surface area (Å²) >= 11 is 0. The number of aromatic nitrogens is 1. The highest BCUT2D eigenvalue weighted by atomic mass is 19.1. The molecule has 0 spiro atoms. The Labute approximate surface area is 88.6 Å². The second kappa shape index (κ2) is 5.75. The van der Waals surface area contributed by atoms with Crippen molar-refractivity contribution in [3.8, 4) is 0 Å². The third-order valence-corrected chi connectivity index (χ3v) is 1.91. The number of hydrogen-bond donors (Lipinski definition) is 2. The Balaban J connectivity index is 2.70. The zero-order chi connectivity index (χ0) is 11.3. The SMILES string of the molecule is CC(C)OCC(NN)c1ncccc1F.